The molecule has 0 amide bonds. The number of nitrogens with one attached hydrogen (secondary N) is 1. The number of halogens is 1. The summed E-state index contributed by atoms with van der Waals surface area (Å²) in [6.45, 7) is 4.46. The number of H-pyrrole nitrogens is 1. The van der Waals surface area contributed by atoms with Crippen LogP contribution in [0.5, 0.6) is 0 Å². The van der Waals surface area contributed by atoms with Crippen LogP contribution in [0.3, 0.4) is 0 Å². The number of hydrogen-bond donors (Lipinski definition) is 1. The Hall–Kier alpha value is -2.31. The summed E-state index contributed by atoms with van der Waals surface area (Å²) in [6.07, 6.45) is 1.65. The molecule has 0 spiro atoms. The van der Waals surface area contributed by atoms with Gasteiger partial charge in [0.2, 0.25) is 0 Å². The molecule has 0 fully saturated rings. The molecule has 26 heavy (non-hydrogen) atoms. The van der Waals surface area contributed by atoms with Gasteiger partial charge in [-0.05, 0) is 31.5 Å². The van der Waals surface area contributed by atoms with E-state index in [9.17, 15) is 4.79 Å². The smallest absolute Gasteiger partial charge is 0.252 e. The fraction of sp³-hybridized carbons (Fsp3) is 0.211. The van der Waals surface area contributed by atoms with E-state index in [2.05, 4.69) is 4.98 Å². The van der Waals surface area contributed by atoms with Crippen LogP contribution in [0, 0.1) is 6.92 Å². The first kappa shape index (κ1) is 17.1. The normalized spacial score (nSPS) is 16.3. The Morgan fingerprint density at radius 3 is 2.81 bits per heavy atom. The molecule has 5 nitrogen and oxygen atoms in total. The number of aryl methyl sites for hydroxylation is 1. The van der Waals surface area contributed by atoms with Gasteiger partial charge in [-0.25, -0.2) is 9.67 Å². The van der Waals surface area contributed by atoms with Gasteiger partial charge in [-0.3, -0.25) is 4.79 Å². The van der Waals surface area contributed by atoms with Crippen molar-refractivity contribution in [1.29, 1.82) is 0 Å². The SMILES string of the molecule is CC1=Nc2c(c(C)nn2Cc2ccccc2Cl)[C@@H](c2ccc[nH]c2=O)S1. The van der Waals surface area contributed by atoms with Crippen LogP contribution in [0.15, 0.2) is 52.4 Å². The fourth-order valence-corrected chi connectivity index (χ4v) is 4.55. The maximum absolute atomic E-state index is 12.3. The van der Waals surface area contributed by atoms with Crippen molar-refractivity contribution in [2.45, 2.75) is 25.6 Å². The average molecular weight is 385 g/mol. The maximum Gasteiger partial charge on any atom is 0.252 e. The van der Waals surface area contributed by atoms with Gasteiger partial charge in [-0.1, -0.05) is 47.6 Å². The highest BCUT2D eigenvalue weighted by Crippen LogP contribution is 2.45. The molecule has 0 saturated heterocycles. The molecule has 1 aliphatic rings. The zero-order valence-electron chi connectivity index (χ0n) is 14.4. The zero-order valence-corrected chi connectivity index (χ0v) is 15.9. The summed E-state index contributed by atoms with van der Waals surface area (Å²) in [5.74, 6) is 0.798. The fourth-order valence-electron chi connectivity index (χ4n) is 3.17. The summed E-state index contributed by atoms with van der Waals surface area (Å²) in [4.78, 5) is 19.8. The minimum Gasteiger partial charge on any atom is -0.329 e. The molecule has 1 N–H and O–H groups in total. The highest BCUT2D eigenvalue weighted by molar-refractivity contribution is 8.14. The van der Waals surface area contributed by atoms with Gasteiger partial charge in [0, 0.05) is 22.3 Å². The van der Waals surface area contributed by atoms with Crippen LogP contribution in [0.25, 0.3) is 0 Å². The van der Waals surface area contributed by atoms with Gasteiger partial charge in [0.25, 0.3) is 5.56 Å². The van der Waals surface area contributed by atoms with E-state index in [1.165, 1.54) is 0 Å². The van der Waals surface area contributed by atoms with E-state index in [0.717, 1.165) is 27.7 Å². The molecule has 3 heterocycles. The number of aromatic nitrogens is 3. The minimum absolute atomic E-state index is 0.0797. The van der Waals surface area contributed by atoms with Crippen LogP contribution in [-0.2, 0) is 6.54 Å². The van der Waals surface area contributed by atoms with Gasteiger partial charge < -0.3 is 4.98 Å². The van der Waals surface area contributed by atoms with Crippen molar-refractivity contribution in [3.8, 4) is 0 Å². The number of nitrogens with zero attached hydrogens (tertiary/aromatic N) is 3. The third-order valence-corrected chi connectivity index (χ3v) is 5.90. The number of rotatable bonds is 3. The van der Waals surface area contributed by atoms with Gasteiger partial charge in [0.15, 0.2) is 5.82 Å². The summed E-state index contributed by atoms with van der Waals surface area (Å²) >= 11 is 7.90. The number of pyridine rings is 1. The molecule has 4 rings (SSSR count). The Bertz CT molecular complexity index is 1070. The lowest BCUT2D eigenvalue weighted by molar-refractivity contribution is 0.683. The largest absolute Gasteiger partial charge is 0.329 e. The van der Waals surface area contributed by atoms with Crippen LogP contribution in [0.2, 0.25) is 5.02 Å². The predicted octanol–water partition coefficient (Wildman–Crippen LogP) is 4.47. The van der Waals surface area contributed by atoms with Crippen molar-refractivity contribution < 1.29 is 0 Å². The summed E-state index contributed by atoms with van der Waals surface area (Å²) in [5.41, 5.74) is 3.49. The Morgan fingerprint density at radius 1 is 1.23 bits per heavy atom. The van der Waals surface area contributed by atoms with Crippen molar-refractivity contribution in [3.63, 3.8) is 0 Å². The van der Waals surface area contributed by atoms with Crippen molar-refractivity contribution >= 4 is 34.2 Å². The molecular formula is C19H17ClN4OS. The average Bonchev–Trinajstić information content (AvgIpc) is 2.92. The Morgan fingerprint density at radius 2 is 2.04 bits per heavy atom. The molecule has 0 bridgehead atoms. The van der Waals surface area contributed by atoms with E-state index in [4.69, 9.17) is 21.7 Å². The molecule has 0 aliphatic carbocycles. The number of benzene rings is 1. The first-order valence-corrected chi connectivity index (χ1v) is 9.50. The molecular weight excluding hydrogens is 368 g/mol. The van der Waals surface area contributed by atoms with Gasteiger partial charge in [-0.2, -0.15) is 5.10 Å². The van der Waals surface area contributed by atoms with Crippen molar-refractivity contribution in [2.24, 2.45) is 4.99 Å². The van der Waals surface area contributed by atoms with E-state index in [1.54, 1.807) is 18.0 Å². The molecule has 2 aromatic heterocycles. The lowest BCUT2D eigenvalue weighted by Crippen LogP contribution is -2.17. The highest BCUT2D eigenvalue weighted by Gasteiger charge is 2.31. The zero-order chi connectivity index (χ0) is 18.3. The molecule has 0 unspecified atom stereocenters. The lowest BCUT2D eigenvalue weighted by Gasteiger charge is -2.21. The number of hydrogen-bond acceptors (Lipinski definition) is 4. The molecule has 1 atom stereocenters. The summed E-state index contributed by atoms with van der Waals surface area (Å²) in [6, 6.07) is 11.4. The summed E-state index contributed by atoms with van der Waals surface area (Å²) < 4.78 is 1.87. The van der Waals surface area contributed by atoms with E-state index >= 15 is 0 Å². The Labute approximate surface area is 160 Å². The van der Waals surface area contributed by atoms with Crippen LogP contribution >= 0.6 is 23.4 Å². The second-order valence-electron chi connectivity index (χ2n) is 6.16. The number of thioether (sulfide) groups is 1. The molecule has 1 aliphatic heterocycles. The van der Waals surface area contributed by atoms with Crippen molar-refractivity contribution in [1.82, 2.24) is 14.8 Å². The maximum atomic E-state index is 12.3. The molecule has 0 radical (unpaired) electrons. The predicted molar refractivity (Wildman–Crippen MR) is 107 cm³/mol. The number of fused-ring (bicyclic) bond motifs is 1. The third-order valence-electron chi connectivity index (χ3n) is 4.37. The lowest BCUT2D eigenvalue weighted by atomic mass is 10.1. The van der Waals surface area contributed by atoms with E-state index < -0.39 is 0 Å². The molecule has 0 saturated carbocycles. The van der Waals surface area contributed by atoms with Crippen molar-refractivity contribution in [3.05, 3.63) is 80.4 Å². The summed E-state index contributed by atoms with van der Waals surface area (Å²) in [7, 11) is 0. The molecule has 132 valence electrons. The topological polar surface area (TPSA) is 63.0 Å². The summed E-state index contributed by atoms with van der Waals surface area (Å²) in [5, 5.41) is 6.19. The molecule has 3 aromatic rings. The number of aromatic amines is 1. The van der Waals surface area contributed by atoms with E-state index in [0.29, 0.717) is 17.1 Å². The van der Waals surface area contributed by atoms with Gasteiger partial charge in [-0.15, -0.1) is 0 Å². The van der Waals surface area contributed by atoms with Crippen LogP contribution < -0.4 is 5.56 Å². The van der Waals surface area contributed by atoms with Gasteiger partial charge in [0.1, 0.15) is 0 Å². The Balaban J connectivity index is 1.83. The second kappa shape index (κ2) is 6.78. The second-order valence-corrected chi connectivity index (χ2v) is 7.86. The monoisotopic (exact) mass is 384 g/mol. The first-order chi connectivity index (χ1) is 12.5. The molecule has 7 heteroatoms. The standard InChI is InChI=1S/C19H17ClN4OS/c1-11-16-17(14-7-5-9-21-19(14)25)26-12(2)22-18(16)24(23-11)10-13-6-3-4-8-15(13)20/h3-9,17H,10H2,1-2H3,(H,21,25)/t17-/m1/s1. The van der Waals surface area contributed by atoms with Gasteiger partial charge >= 0.3 is 0 Å². The number of aliphatic imine (C=N–C) groups is 1. The Kier molecular flexibility index (Phi) is 4.46. The van der Waals surface area contributed by atoms with Crippen LogP contribution in [-0.4, -0.2) is 19.8 Å². The van der Waals surface area contributed by atoms with Gasteiger partial charge in [0.05, 0.1) is 22.5 Å². The minimum atomic E-state index is -0.118. The van der Waals surface area contributed by atoms with Crippen molar-refractivity contribution in [2.75, 3.05) is 0 Å². The van der Waals surface area contributed by atoms with Crippen LogP contribution in [0.4, 0.5) is 5.82 Å². The quantitative estimate of drug-likeness (QED) is 0.724. The third kappa shape index (κ3) is 2.99. The first-order valence-electron chi connectivity index (χ1n) is 8.25. The highest BCUT2D eigenvalue weighted by atomic mass is 35.5. The molecule has 1 aromatic carbocycles. The van der Waals surface area contributed by atoms with Crippen LogP contribution in [0.1, 0.15) is 34.6 Å². The van der Waals surface area contributed by atoms with E-state index in [-0.39, 0.29) is 10.8 Å². The van der Waals surface area contributed by atoms with E-state index in [1.807, 2.05) is 54.9 Å².